The minimum atomic E-state index is -0.427. The van der Waals surface area contributed by atoms with E-state index in [-0.39, 0.29) is 5.75 Å². The Labute approximate surface area is 107 Å². The van der Waals surface area contributed by atoms with E-state index in [9.17, 15) is 4.39 Å². The Kier molecular flexibility index (Phi) is 3.91. The summed E-state index contributed by atoms with van der Waals surface area (Å²) in [6.45, 7) is 2.13. The average molecular weight is 253 g/mol. The van der Waals surface area contributed by atoms with E-state index in [4.69, 9.17) is 10.5 Å². The fourth-order valence-electron chi connectivity index (χ4n) is 2.22. The van der Waals surface area contributed by atoms with Gasteiger partial charge in [0.25, 0.3) is 0 Å². The number of rotatable bonds is 3. The fraction of sp³-hybridized carbons (Fsp3) is 0.538. The Bertz CT molecular complexity index is 417. The monoisotopic (exact) mass is 253 g/mol. The lowest BCUT2D eigenvalue weighted by atomic mass is 10.0. The van der Waals surface area contributed by atoms with Gasteiger partial charge in [0.1, 0.15) is 0 Å². The lowest BCUT2D eigenvalue weighted by Crippen LogP contribution is -2.36. The lowest BCUT2D eigenvalue weighted by molar-refractivity contribution is 0.264. The van der Waals surface area contributed by atoms with E-state index in [1.807, 2.05) is 0 Å². The molecule has 5 heteroatoms. The van der Waals surface area contributed by atoms with Gasteiger partial charge in [0.2, 0.25) is 0 Å². The number of nitrogens with zero attached hydrogens (tertiary/aromatic N) is 1. The molecule has 0 unspecified atom stereocenters. The van der Waals surface area contributed by atoms with Crippen molar-refractivity contribution in [2.75, 3.05) is 38.3 Å². The quantitative estimate of drug-likeness (QED) is 0.808. The van der Waals surface area contributed by atoms with Crippen LogP contribution < -0.4 is 15.8 Å². The molecule has 0 amide bonds. The van der Waals surface area contributed by atoms with E-state index < -0.39 is 5.82 Å². The number of benzene rings is 1. The molecule has 1 heterocycles. The number of likely N-dealkylation sites (tertiary alicyclic amines) is 1. The summed E-state index contributed by atoms with van der Waals surface area (Å²) in [6.07, 6.45) is 2.13. The summed E-state index contributed by atoms with van der Waals surface area (Å²) in [6, 6.07) is 3.32. The van der Waals surface area contributed by atoms with Crippen LogP contribution in [0, 0.1) is 5.82 Å². The van der Waals surface area contributed by atoms with E-state index in [1.54, 1.807) is 6.07 Å². The van der Waals surface area contributed by atoms with Crippen molar-refractivity contribution >= 4 is 11.4 Å². The van der Waals surface area contributed by atoms with Gasteiger partial charge in [-0.05, 0) is 33.0 Å². The van der Waals surface area contributed by atoms with Gasteiger partial charge in [0.15, 0.2) is 11.6 Å². The van der Waals surface area contributed by atoms with Gasteiger partial charge in [-0.3, -0.25) is 0 Å². The first-order valence-corrected chi connectivity index (χ1v) is 6.18. The number of piperidine rings is 1. The normalized spacial score (nSPS) is 17.7. The average Bonchev–Trinajstić information content (AvgIpc) is 2.35. The molecule has 3 N–H and O–H groups in total. The highest BCUT2D eigenvalue weighted by Gasteiger charge is 2.18. The number of nitrogens with two attached hydrogens (primary N) is 1. The molecule has 1 fully saturated rings. The third-order valence-corrected chi connectivity index (χ3v) is 3.40. The Morgan fingerprint density at radius 3 is 2.67 bits per heavy atom. The van der Waals surface area contributed by atoms with Crippen molar-refractivity contribution in [1.82, 2.24) is 4.90 Å². The first-order valence-electron chi connectivity index (χ1n) is 6.18. The molecule has 1 aromatic carbocycles. The molecule has 0 aliphatic carbocycles. The minimum Gasteiger partial charge on any atom is -0.494 e. The van der Waals surface area contributed by atoms with Crippen molar-refractivity contribution < 1.29 is 9.13 Å². The molecule has 1 aliphatic heterocycles. The summed E-state index contributed by atoms with van der Waals surface area (Å²) in [5.74, 6) is -0.205. The molecule has 0 atom stereocenters. The van der Waals surface area contributed by atoms with E-state index in [0.29, 0.717) is 11.7 Å². The van der Waals surface area contributed by atoms with E-state index in [2.05, 4.69) is 17.3 Å². The highest BCUT2D eigenvalue weighted by molar-refractivity contribution is 5.69. The summed E-state index contributed by atoms with van der Waals surface area (Å²) in [5, 5.41) is 3.37. The van der Waals surface area contributed by atoms with Crippen LogP contribution in [0.5, 0.6) is 5.75 Å². The highest BCUT2D eigenvalue weighted by Crippen LogP contribution is 2.29. The van der Waals surface area contributed by atoms with Crippen LogP contribution in [-0.4, -0.2) is 38.2 Å². The van der Waals surface area contributed by atoms with E-state index >= 15 is 0 Å². The van der Waals surface area contributed by atoms with Crippen LogP contribution in [0.4, 0.5) is 15.8 Å². The Hall–Kier alpha value is -1.49. The van der Waals surface area contributed by atoms with Crippen molar-refractivity contribution in [3.63, 3.8) is 0 Å². The van der Waals surface area contributed by atoms with Gasteiger partial charge < -0.3 is 20.7 Å². The van der Waals surface area contributed by atoms with Crippen LogP contribution in [0.25, 0.3) is 0 Å². The number of methoxy groups -OCH3 is 1. The number of hydrogen-bond donors (Lipinski definition) is 2. The summed E-state index contributed by atoms with van der Waals surface area (Å²) in [5.41, 5.74) is 7.00. The SMILES string of the molecule is COc1cc(NC2CCN(C)CC2)c(N)cc1F. The molecule has 4 nitrogen and oxygen atoms in total. The standard InChI is InChI=1S/C13H20FN3O/c1-17-5-3-9(4-6-17)16-12-8-13(18-2)10(14)7-11(12)15/h7-9,16H,3-6,15H2,1-2H3. The number of ether oxygens (including phenoxy) is 1. The smallest absolute Gasteiger partial charge is 0.167 e. The van der Waals surface area contributed by atoms with Crippen molar-refractivity contribution in [3.05, 3.63) is 17.9 Å². The maximum atomic E-state index is 13.4. The maximum Gasteiger partial charge on any atom is 0.167 e. The van der Waals surface area contributed by atoms with Crippen molar-refractivity contribution in [2.24, 2.45) is 0 Å². The topological polar surface area (TPSA) is 50.5 Å². The zero-order valence-electron chi connectivity index (χ0n) is 10.9. The largest absolute Gasteiger partial charge is 0.494 e. The van der Waals surface area contributed by atoms with Gasteiger partial charge in [0, 0.05) is 18.2 Å². The second-order valence-electron chi connectivity index (χ2n) is 4.80. The Morgan fingerprint density at radius 2 is 2.06 bits per heavy atom. The third kappa shape index (κ3) is 2.85. The number of anilines is 2. The van der Waals surface area contributed by atoms with Crippen LogP contribution in [-0.2, 0) is 0 Å². The number of halogens is 1. The summed E-state index contributed by atoms with van der Waals surface area (Å²) in [7, 11) is 3.57. The molecule has 0 spiro atoms. The van der Waals surface area contributed by atoms with Gasteiger partial charge in [-0.25, -0.2) is 4.39 Å². The zero-order chi connectivity index (χ0) is 13.1. The summed E-state index contributed by atoms with van der Waals surface area (Å²) in [4.78, 5) is 2.30. The first kappa shape index (κ1) is 13.0. The van der Waals surface area contributed by atoms with Crippen LogP contribution in [0.1, 0.15) is 12.8 Å². The molecule has 0 saturated carbocycles. The Balaban J connectivity index is 2.09. The molecule has 1 aliphatic rings. The van der Waals surface area contributed by atoms with Gasteiger partial charge in [-0.15, -0.1) is 0 Å². The second kappa shape index (κ2) is 5.44. The third-order valence-electron chi connectivity index (χ3n) is 3.40. The van der Waals surface area contributed by atoms with E-state index in [1.165, 1.54) is 13.2 Å². The first-order chi connectivity index (χ1) is 8.60. The zero-order valence-corrected chi connectivity index (χ0v) is 10.9. The van der Waals surface area contributed by atoms with Gasteiger partial charge >= 0.3 is 0 Å². The van der Waals surface area contributed by atoms with Crippen molar-refractivity contribution in [2.45, 2.75) is 18.9 Å². The number of nitrogens with one attached hydrogen (secondary N) is 1. The predicted molar refractivity (Wildman–Crippen MR) is 71.5 cm³/mol. The van der Waals surface area contributed by atoms with Crippen LogP contribution in [0.15, 0.2) is 12.1 Å². The molecule has 1 aromatic rings. The summed E-state index contributed by atoms with van der Waals surface area (Å²) >= 11 is 0. The summed E-state index contributed by atoms with van der Waals surface area (Å²) < 4.78 is 18.4. The van der Waals surface area contributed by atoms with E-state index in [0.717, 1.165) is 31.6 Å². The second-order valence-corrected chi connectivity index (χ2v) is 4.80. The molecule has 0 aromatic heterocycles. The molecule has 100 valence electrons. The number of hydrogen-bond acceptors (Lipinski definition) is 4. The Morgan fingerprint density at radius 1 is 1.39 bits per heavy atom. The minimum absolute atomic E-state index is 0.222. The fourth-order valence-corrected chi connectivity index (χ4v) is 2.22. The predicted octanol–water partition coefficient (Wildman–Crippen LogP) is 1.92. The van der Waals surface area contributed by atoms with Crippen LogP contribution in [0.3, 0.4) is 0 Å². The molecule has 2 rings (SSSR count). The molecular formula is C13H20FN3O. The highest BCUT2D eigenvalue weighted by atomic mass is 19.1. The molecule has 0 radical (unpaired) electrons. The number of nitrogen functional groups attached to an aromatic ring is 1. The molecule has 0 bridgehead atoms. The van der Waals surface area contributed by atoms with Gasteiger partial charge in [0.05, 0.1) is 18.5 Å². The van der Waals surface area contributed by atoms with Crippen molar-refractivity contribution in [1.29, 1.82) is 0 Å². The maximum absolute atomic E-state index is 13.4. The van der Waals surface area contributed by atoms with Crippen LogP contribution in [0.2, 0.25) is 0 Å². The van der Waals surface area contributed by atoms with Gasteiger partial charge in [-0.2, -0.15) is 0 Å². The molecule has 1 saturated heterocycles. The molecular weight excluding hydrogens is 233 g/mol. The van der Waals surface area contributed by atoms with Gasteiger partial charge in [-0.1, -0.05) is 0 Å². The molecule has 18 heavy (non-hydrogen) atoms. The van der Waals surface area contributed by atoms with Crippen molar-refractivity contribution in [3.8, 4) is 5.75 Å². The lowest BCUT2D eigenvalue weighted by Gasteiger charge is -2.30. The van der Waals surface area contributed by atoms with Crippen LogP contribution >= 0.6 is 0 Å².